The summed E-state index contributed by atoms with van der Waals surface area (Å²) in [5, 5.41) is 14.6. The van der Waals surface area contributed by atoms with Crippen molar-refractivity contribution >= 4 is 31.8 Å². The number of aryl methyl sites for hydroxylation is 1. The van der Waals surface area contributed by atoms with Crippen molar-refractivity contribution in [3.63, 3.8) is 0 Å². The first-order chi connectivity index (χ1) is 28.8. The lowest BCUT2D eigenvalue weighted by Crippen LogP contribution is -2.37. The molecule has 0 amide bonds. The van der Waals surface area contributed by atoms with Crippen LogP contribution >= 0.6 is 0 Å². The molecular formula is C50H43N3O5S. The van der Waals surface area contributed by atoms with Gasteiger partial charge in [0.25, 0.3) is 10.0 Å². The highest BCUT2D eigenvalue weighted by Crippen LogP contribution is 2.43. The first-order valence-electron chi connectivity index (χ1n) is 19.8. The van der Waals surface area contributed by atoms with E-state index in [1.165, 1.54) is 3.97 Å². The molecule has 3 heterocycles. The molecule has 0 saturated carbocycles. The number of imidazole rings is 1. The Hall–Kier alpha value is -6.28. The summed E-state index contributed by atoms with van der Waals surface area (Å²) in [5.41, 5.74) is 2.55. The second kappa shape index (κ2) is 15.8. The lowest BCUT2D eigenvalue weighted by Gasteiger charge is -2.37. The summed E-state index contributed by atoms with van der Waals surface area (Å²) in [7, 11) is -4.09. The van der Waals surface area contributed by atoms with Crippen molar-refractivity contribution in [2.24, 2.45) is 0 Å². The second-order valence-corrected chi connectivity index (χ2v) is 16.7. The Labute approximate surface area is 344 Å². The van der Waals surface area contributed by atoms with E-state index >= 15 is 0 Å². The van der Waals surface area contributed by atoms with Crippen molar-refractivity contribution in [1.82, 2.24) is 13.5 Å². The smallest absolute Gasteiger partial charge is 0.268 e. The van der Waals surface area contributed by atoms with Crippen molar-refractivity contribution < 1.29 is 23.0 Å². The van der Waals surface area contributed by atoms with E-state index in [0.717, 1.165) is 52.3 Å². The Balaban J connectivity index is 1.25. The Morgan fingerprint density at radius 2 is 1.36 bits per heavy atom. The highest BCUT2D eigenvalue weighted by molar-refractivity contribution is 7.90. The number of para-hydroxylation sites is 1. The van der Waals surface area contributed by atoms with Gasteiger partial charge in [0.1, 0.15) is 17.8 Å². The highest BCUT2D eigenvalue weighted by Gasteiger charge is 2.41. The van der Waals surface area contributed by atoms with Gasteiger partial charge in [-0.2, -0.15) is 0 Å². The molecule has 0 spiro atoms. The van der Waals surface area contributed by atoms with Crippen LogP contribution in [0.25, 0.3) is 21.8 Å². The summed E-state index contributed by atoms with van der Waals surface area (Å²) in [4.78, 5) is 5.10. The first kappa shape index (κ1) is 38.2. The summed E-state index contributed by atoms with van der Waals surface area (Å²) in [6, 6.07) is 50.3. The maximum absolute atomic E-state index is 14.6. The predicted molar refractivity (Wildman–Crippen MR) is 230 cm³/mol. The lowest BCUT2D eigenvalue weighted by molar-refractivity contribution is -0.154. The SMILES string of the molecule is Cc1ccc(S(=O)(=O)n2c3ccccc3c3ccc(C(O)(C#CCOC4CCCCO4)c4cn(C(c5ccccc5)(c5ccccc5)c5ccccc5)cn4)cc32)cc1. The van der Waals surface area contributed by atoms with E-state index in [1.54, 1.807) is 48.8 Å². The molecule has 2 atom stereocenters. The molecule has 8 aromatic rings. The van der Waals surface area contributed by atoms with Crippen LogP contribution in [0.5, 0.6) is 0 Å². The fourth-order valence-corrected chi connectivity index (χ4v) is 9.86. The van der Waals surface area contributed by atoms with Crippen molar-refractivity contribution in [3.05, 3.63) is 204 Å². The third-order valence-electron chi connectivity index (χ3n) is 11.3. The third-order valence-corrected chi connectivity index (χ3v) is 13.0. The Morgan fingerprint density at radius 1 is 0.746 bits per heavy atom. The average molecular weight is 798 g/mol. The first-order valence-corrected chi connectivity index (χ1v) is 21.3. The molecule has 1 fully saturated rings. The zero-order valence-electron chi connectivity index (χ0n) is 32.6. The molecular weight excluding hydrogens is 755 g/mol. The van der Waals surface area contributed by atoms with Crippen LogP contribution in [0.1, 0.15) is 52.8 Å². The minimum atomic E-state index is -4.09. The van der Waals surface area contributed by atoms with Crippen LogP contribution in [0.2, 0.25) is 0 Å². The van der Waals surface area contributed by atoms with Gasteiger partial charge in [0.05, 0.1) is 22.3 Å². The Kier molecular flexibility index (Phi) is 10.3. The molecule has 6 aromatic carbocycles. The Bertz CT molecular complexity index is 2810. The summed E-state index contributed by atoms with van der Waals surface area (Å²) < 4.78 is 44.3. The Morgan fingerprint density at radius 3 is 1.98 bits per heavy atom. The predicted octanol–water partition coefficient (Wildman–Crippen LogP) is 9.16. The molecule has 2 aromatic heterocycles. The molecule has 0 radical (unpaired) electrons. The van der Waals surface area contributed by atoms with Crippen molar-refractivity contribution in [1.29, 1.82) is 0 Å². The number of hydrogen-bond donors (Lipinski definition) is 1. The van der Waals surface area contributed by atoms with Crippen molar-refractivity contribution in [2.45, 2.75) is 48.5 Å². The number of fused-ring (bicyclic) bond motifs is 3. The quantitative estimate of drug-likeness (QED) is 0.110. The zero-order chi connectivity index (χ0) is 40.5. The summed E-state index contributed by atoms with van der Waals surface area (Å²) in [6.45, 7) is 2.56. The largest absolute Gasteiger partial charge is 0.368 e. The third kappa shape index (κ3) is 6.84. The summed E-state index contributed by atoms with van der Waals surface area (Å²) >= 11 is 0. The molecule has 2 unspecified atom stereocenters. The number of aromatic nitrogens is 3. The van der Waals surface area contributed by atoms with E-state index in [-0.39, 0.29) is 23.5 Å². The van der Waals surface area contributed by atoms with Crippen LogP contribution in [-0.4, -0.2) is 46.6 Å². The number of rotatable bonds is 10. The van der Waals surface area contributed by atoms with E-state index in [4.69, 9.17) is 14.5 Å². The monoisotopic (exact) mass is 797 g/mol. The second-order valence-electron chi connectivity index (χ2n) is 14.9. The van der Waals surface area contributed by atoms with Crippen LogP contribution in [0, 0.1) is 18.8 Å². The minimum absolute atomic E-state index is 0.0139. The molecule has 0 bridgehead atoms. The fraction of sp³-hybridized carbons (Fsp3) is 0.180. The van der Waals surface area contributed by atoms with Crippen LogP contribution in [0.3, 0.4) is 0 Å². The number of benzene rings is 6. The summed E-state index contributed by atoms with van der Waals surface area (Å²) in [5.74, 6) is 6.22. The fourth-order valence-electron chi connectivity index (χ4n) is 8.34. The normalized spacial score (nSPS) is 15.7. The van der Waals surface area contributed by atoms with Gasteiger partial charge in [-0.3, -0.25) is 0 Å². The number of aliphatic hydroxyl groups is 1. The maximum atomic E-state index is 14.6. The molecule has 59 heavy (non-hydrogen) atoms. The standard InChI is InChI=1S/C50H43N3O5S/c1-37-25-28-42(29-26-37)59(55,56)53-45-23-12-11-22-43(45)44-30-27-41(34-46(44)53)49(54,31-15-33-58-48-24-13-14-32-57-48)47-35-52(36-51-47)50(38-16-5-2-6-17-38,39-18-7-3-8-19-39)40-20-9-4-10-21-40/h2-12,16-23,25-30,34-36,48,54H,13-14,24,32-33H2,1H3. The van der Waals surface area contributed by atoms with Crippen LogP contribution < -0.4 is 0 Å². The molecule has 1 aliphatic rings. The lowest BCUT2D eigenvalue weighted by atomic mass is 9.76. The van der Waals surface area contributed by atoms with Gasteiger partial charge in [-0.1, -0.05) is 151 Å². The van der Waals surface area contributed by atoms with Crippen LogP contribution in [0.4, 0.5) is 0 Å². The van der Waals surface area contributed by atoms with E-state index < -0.39 is 21.2 Å². The van der Waals surface area contributed by atoms with E-state index in [2.05, 4.69) is 48.2 Å². The number of hydrogen-bond acceptors (Lipinski definition) is 6. The number of nitrogens with zero attached hydrogens (tertiary/aromatic N) is 3. The topological polar surface area (TPSA) is 95.6 Å². The van der Waals surface area contributed by atoms with E-state index in [0.29, 0.717) is 23.2 Å². The molecule has 1 saturated heterocycles. The number of ether oxygens (including phenoxy) is 2. The zero-order valence-corrected chi connectivity index (χ0v) is 33.4. The van der Waals surface area contributed by atoms with Crippen LogP contribution in [0.15, 0.2) is 175 Å². The van der Waals surface area contributed by atoms with Gasteiger partial charge in [-0.15, -0.1) is 0 Å². The van der Waals surface area contributed by atoms with Gasteiger partial charge < -0.3 is 19.1 Å². The van der Waals surface area contributed by atoms with E-state index in [1.807, 2.05) is 96.6 Å². The van der Waals surface area contributed by atoms with Crippen LogP contribution in [-0.2, 0) is 30.6 Å². The van der Waals surface area contributed by atoms with Gasteiger partial charge in [0.15, 0.2) is 11.9 Å². The molecule has 0 aliphatic carbocycles. The molecule has 9 rings (SSSR count). The molecule has 1 aliphatic heterocycles. The van der Waals surface area contributed by atoms with Gasteiger partial charge >= 0.3 is 0 Å². The average Bonchev–Trinajstić information content (AvgIpc) is 3.92. The molecule has 1 N–H and O–H groups in total. The maximum Gasteiger partial charge on any atom is 0.268 e. The van der Waals surface area contributed by atoms with Gasteiger partial charge in [-0.25, -0.2) is 17.4 Å². The van der Waals surface area contributed by atoms with Gasteiger partial charge in [-0.05, 0) is 67.1 Å². The van der Waals surface area contributed by atoms with E-state index in [9.17, 15) is 13.5 Å². The van der Waals surface area contributed by atoms with Gasteiger partial charge in [0.2, 0.25) is 0 Å². The molecule has 8 nitrogen and oxygen atoms in total. The molecule has 9 heteroatoms. The molecule has 294 valence electrons. The van der Waals surface area contributed by atoms with Crippen molar-refractivity contribution in [2.75, 3.05) is 13.2 Å². The van der Waals surface area contributed by atoms with Gasteiger partial charge in [0, 0.05) is 29.1 Å². The van der Waals surface area contributed by atoms with Crippen molar-refractivity contribution in [3.8, 4) is 11.8 Å². The summed E-state index contributed by atoms with van der Waals surface area (Å²) in [6.07, 6.45) is 5.98. The minimum Gasteiger partial charge on any atom is -0.368 e. The highest BCUT2D eigenvalue weighted by atomic mass is 32.2.